The molecule has 2 nitrogen and oxygen atoms in total. The lowest BCUT2D eigenvalue weighted by Crippen LogP contribution is -2.04. The van der Waals surface area contributed by atoms with Crippen LogP contribution in [0.15, 0.2) is 79.4 Å². The molecule has 0 N–H and O–H groups in total. The van der Waals surface area contributed by atoms with Crippen LogP contribution in [0.1, 0.15) is 28.2 Å². The Bertz CT molecular complexity index is 860. The summed E-state index contributed by atoms with van der Waals surface area (Å²) >= 11 is 0. The van der Waals surface area contributed by atoms with Crippen molar-refractivity contribution in [3.8, 4) is 11.5 Å². The smallest absolute Gasteiger partial charge is 0.118 e. The molecule has 0 fully saturated rings. The molecule has 3 rings (SSSR count). The number of methoxy groups -OCH3 is 2. The summed E-state index contributed by atoms with van der Waals surface area (Å²) in [6, 6.07) is 24.9. The molecule has 0 spiro atoms. The van der Waals surface area contributed by atoms with Crippen LogP contribution in [0.25, 0.3) is 5.57 Å². The maximum Gasteiger partial charge on any atom is 0.118 e. The van der Waals surface area contributed by atoms with Gasteiger partial charge in [-0.2, -0.15) is 0 Å². The average molecular weight is 344 g/mol. The maximum absolute atomic E-state index is 5.30. The van der Waals surface area contributed by atoms with Crippen molar-refractivity contribution in [2.24, 2.45) is 0 Å². The monoisotopic (exact) mass is 344 g/mol. The molecule has 0 saturated heterocycles. The molecule has 0 aromatic heterocycles. The second-order valence-electron chi connectivity index (χ2n) is 6.37. The summed E-state index contributed by atoms with van der Waals surface area (Å²) in [5.74, 6) is 1.78. The molecule has 132 valence electrons. The molecule has 0 aliphatic heterocycles. The van der Waals surface area contributed by atoms with E-state index in [1.165, 1.54) is 16.7 Å². The van der Waals surface area contributed by atoms with E-state index in [0.717, 1.165) is 22.6 Å². The van der Waals surface area contributed by atoms with Gasteiger partial charge < -0.3 is 9.47 Å². The third-order valence-electron chi connectivity index (χ3n) is 4.67. The molecule has 1 atom stereocenters. The molecule has 0 radical (unpaired) electrons. The minimum Gasteiger partial charge on any atom is -0.497 e. The zero-order valence-corrected chi connectivity index (χ0v) is 15.5. The van der Waals surface area contributed by atoms with Crippen LogP contribution < -0.4 is 9.47 Å². The van der Waals surface area contributed by atoms with Gasteiger partial charge in [-0.15, -0.1) is 0 Å². The van der Waals surface area contributed by atoms with E-state index >= 15 is 0 Å². The lowest BCUT2D eigenvalue weighted by molar-refractivity contribution is 0.414. The minimum atomic E-state index is 0.0786. The van der Waals surface area contributed by atoms with Crippen molar-refractivity contribution in [3.05, 3.63) is 102 Å². The van der Waals surface area contributed by atoms with Crippen LogP contribution in [0.4, 0.5) is 0 Å². The first-order chi connectivity index (χ1) is 12.6. The SMILES string of the molecule is C=C(c1ccc(OC)cc1)C(c1ccc(C)cc1)c1ccc(OC)cc1. The molecular formula is C24H24O2. The van der Waals surface area contributed by atoms with Crippen LogP contribution in [0, 0.1) is 6.92 Å². The Hall–Kier alpha value is -3.00. The van der Waals surface area contributed by atoms with E-state index in [1.807, 2.05) is 24.3 Å². The molecule has 1 unspecified atom stereocenters. The molecular weight excluding hydrogens is 320 g/mol. The van der Waals surface area contributed by atoms with Crippen molar-refractivity contribution in [2.75, 3.05) is 14.2 Å². The predicted molar refractivity (Wildman–Crippen MR) is 108 cm³/mol. The summed E-state index contributed by atoms with van der Waals surface area (Å²) < 4.78 is 10.6. The highest BCUT2D eigenvalue weighted by Gasteiger charge is 2.19. The molecule has 3 aromatic carbocycles. The normalized spacial score (nSPS) is 11.7. The Morgan fingerprint density at radius 3 is 1.58 bits per heavy atom. The van der Waals surface area contributed by atoms with Gasteiger partial charge in [-0.25, -0.2) is 0 Å². The Labute approximate surface area is 155 Å². The fourth-order valence-electron chi connectivity index (χ4n) is 3.12. The van der Waals surface area contributed by atoms with Crippen LogP contribution >= 0.6 is 0 Å². The number of hydrogen-bond acceptors (Lipinski definition) is 2. The third kappa shape index (κ3) is 3.80. The maximum atomic E-state index is 5.30. The lowest BCUT2D eigenvalue weighted by atomic mass is 9.82. The Balaban J connectivity index is 2.03. The zero-order valence-electron chi connectivity index (χ0n) is 15.5. The second-order valence-corrected chi connectivity index (χ2v) is 6.37. The first kappa shape index (κ1) is 17.8. The molecule has 0 amide bonds. The van der Waals surface area contributed by atoms with Gasteiger partial charge in [0.2, 0.25) is 0 Å². The van der Waals surface area contributed by atoms with Gasteiger partial charge in [0.15, 0.2) is 0 Å². The number of allylic oxidation sites excluding steroid dienone is 1. The number of benzene rings is 3. The van der Waals surface area contributed by atoms with Gasteiger partial charge >= 0.3 is 0 Å². The van der Waals surface area contributed by atoms with Gasteiger partial charge in [-0.3, -0.25) is 0 Å². The summed E-state index contributed by atoms with van der Waals surface area (Å²) in [6.07, 6.45) is 0. The van der Waals surface area contributed by atoms with Crippen molar-refractivity contribution >= 4 is 5.57 Å². The van der Waals surface area contributed by atoms with Crippen molar-refractivity contribution < 1.29 is 9.47 Å². The van der Waals surface area contributed by atoms with E-state index in [9.17, 15) is 0 Å². The van der Waals surface area contributed by atoms with E-state index in [4.69, 9.17) is 9.47 Å². The molecule has 0 heterocycles. The van der Waals surface area contributed by atoms with Crippen LogP contribution in [0.5, 0.6) is 11.5 Å². The number of rotatable bonds is 6. The predicted octanol–water partition coefficient (Wildman–Crippen LogP) is 5.86. The zero-order chi connectivity index (χ0) is 18.5. The van der Waals surface area contributed by atoms with Crippen LogP contribution in [-0.2, 0) is 0 Å². The first-order valence-electron chi connectivity index (χ1n) is 8.66. The number of aryl methyl sites for hydroxylation is 1. The largest absolute Gasteiger partial charge is 0.497 e. The van der Waals surface area contributed by atoms with Crippen LogP contribution in [0.3, 0.4) is 0 Å². The summed E-state index contributed by atoms with van der Waals surface area (Å²) in [4.78, 5) is 0. The molecule has 0 bridgehead atoms. The Kier molecular flexibility index (Phi) is 5.43. The van der Waals surface area contributed by atoms with Crippen molar-refractivity contribution in [1.29, 1.82) is 0 Å². The molecule has 0 saturated carbocycles. The van der Waals surface area contributed by atoms with E-state index < -0.39 is 0 Å². The Morgan fingerprint density at radius 2 is 1.12 bits per heavy atom. The van der Waals surface area contributed by atoms with E-state index in [0.29, 0.717) is 0 Å². The lowest BCUT2D eigenvalue weighted by Gasteiger charge is -2.22. The topological polar surface area (TPSA) is 18.5 Å². The second kappa shape index (κ2) is 7.92. The first-order valence-corrected chi connectivity index (χ1v) is 8.66. The Morgan fingerprint density at radius 1 is 0.692 bits per heavy atom. The standard InChI is InChI=1S/C24H24O2/c1-17-5-7-20(8-6-17)24(21-11-15-23(26-4)16-12-21)18(2)19-9-13-22(25-3)14-10-19/h5-16,24H,2H2,1,3-4H3. The van der Waals surface area contributed by atoms with Gasteiger partial charge in [0.25, 0.3) is 0 Å². The highest BCUT2D eigenvalue weighted by Crippen LogP contribution is 2.37. The van der Waals surface area contributed by atoms with Gasteiger partial charge in [0.1, 0.15) is 11.5 Å². The summed E-state index contributed by atoms with van der Waals surface area (Å²) in [5.41, 5.74) is 5.82. The third-order valence-corrected chi connectivity index (χ3v) is 4.67. The number of ether oxygens (including phenoxy) is 2. The van der Waals surface area contributed by atoms with Gasteiger partial charge in [-0.1, -0.05) is 60.7 Å². The highest BCUT2D eigenvalue weighted by atomic mass is 16.5. The summed E-state index contributed by atoms with van der Waals surface area (Å²) in [7, 11) is 3.36. The van der Waals surface area contributed by atoms with E-state index in [2.05, 4.69) is 62.0 Å². The van der Waals surface area contributed by atoms with Gasteiger partial charge in [-0.05, 0) is 53.5 Å². The fraction of sp³-hybridized carbons (Fsp3) is 0.167. The van der Waals surface area contributed by atoms with Crippen molar-refractivity contribution in [3.63, 3.8) is 0 Å². The molecule has 3 aromatic rings. The van der Waals surface area contributed by atoms with Crippen LogP contribution in [-0.4, -0.2) is 14.2 Å². The minimum absolute atomic E-state index is 0.0786. The van der Waals surface area contributed by atoms with Gasteiger partial charge in [0, 0.05) is 5.92 Å². The van der Waals surface area contributed by atoms with Crippen molar-refractivity contribution in [2.45, 2.75) is 12.8 Å². The number of hydrogen-bond donors (Lipinski definition) is 0. The molecule has 2 heteroatoms. The molecule has 26 heavy (non-hydrogen) atoms. The molecule has 0 aliphatic carbocycles. The van der Waals surface area contributed by atoms with E-state index in [-0.39, 0.29) is 5.92 Å². The van der Waals surface area contributed by atoms with E-state index in [1.54, 1.807) is 14.2 Å². The fourth-order valence-corrected chi connectivity index (χ4v) is 3.12. The quantitative estimate of drug-likeness (QED) is 0.558. The van der Waals surface area contributed by atoms with Crippen LogP contribution in [0.2, 0.25) is 0 Å². The molecule has 0 aliphatic rings. The van der Waals surface area contributed by atoms with Gasteiger partial charge in [0.05, 0.1) is 14.2 Å². The van der Waals surface area contributed by atoms with Crippen molar-refractivity contribution in [1.82, 2.24) is 0 Å². The summed E-state index contributed by atoms with van der Waals surface area (Å²) in [5, 5.41) is 0. The highest BCUT2D eigenvalue weighted by molar-refractivity contribution is 5.73. The summed E-state index contributed by atoms with van der Waals surface area (Å²) in [6.45, 7) is 6.53. The average Bonchev–Trinajstić information content (AvgIpc) is 2.70.